The van der Waals surface area contributed by atoms with E-state index in [9.17, 15) is 9.90 Å². The minimum Gasteiger partial charge on any atom is -0.497 e. The number of methoxy groups -OCH3 is 1. The largest absolute Gasteiger partial charge is 0.497 e. The number of hydrogen-bond acceptors (Lipinski definition) is 7. The summed E-state index contributed by atoms with van der Waals surface area (Å²) in [5, 5.41) is 12.9. The lowest BCUT2D eigenvalue weighted by Gasteiger charge is -2.23. The van der Waals surface area contributed by atoms with E-state index < -0.39 is 6.10 Å². The molecule has 2 aliphatic carbocycles. The summed E-state index contributed by atoms with van der Waals surface area (Å²) in [6, 6.07) is 3.45. The predicted molar refractivity (Wildman–Crippen MR) is 109 cm³/mol. The lowest BCUT2D eigenvalue weighted by Crippen LogP contribution is -2.44. The number of aryl methyl sites for hydroxylation is 1. The first kappa shape index (κ1) is 19.6. The van der Waals surface area contributed by atoms with Crippen LogP contribution in [0.1, 0.15) is 36.9 Å². The molecule has 29 heavy (non-hydrogen) atoms. The fourth-order valence-corrected chi connectivity index (χ4v) is 4.15. The fraction of sp³-hybridized carbons (Fsp3) is 0.524. The maximum atomic E-state index is 12.5. The van der Waals surface area contributed by atoms with Crippen LogP contribution < -0.4 is 15.0 Å². The van der Waals surface area contributed by atoms with Crippen molar-refractivity contribution in [3.63, 3.8) is 0 Å². The minimum atomic E-state index is -0.446. The average molecular weight is 397 g/mol. The second kappa shape index (κ2) is 8.32. The van der Waals surface area contributed by atoms with Crippen molar-refractivity contribution in [2.75, 3.05) is 25.6 Å². The van der Waals surface area contributed by atoms with E-state index in [1.807, 2.05) is 18.0 Å². The van der Waals surface area contributed by atoms with Crippen molar-refractivity contribution in [1.82, 2.24) is 20.3 Å². The van der Waals surface area contributed by atoms with Crippen LogP contribution in [0.25, 0.3) is 11.5 Å². The normalized spacial score (nSPS) is 20.4. The lowest BCUT2D eigenvalue weighted by molar-refractivity contribution is -0.121. The number of nitrogens with zero attached hydrogens (tertiary/aromatic N) is 4. The van der Waals surface area contributed by atoms with E-state index in [-0.39, 0.29) is 18.5 Å². The molecule has 0 unspecified atom stereocenters. The maximum Gasteiger partial charge on any atom is 0.239 e. The molecule has 2 aliphatic rings. The van der Waals surface area contributed by atoms with Gasteiger partial charge in [-0.15, -0.1) is 0 Å². The van der Waals surface area contributed by atoms with Crippen LogP contribution in [0.3, 0.4) is 0 Å². The lowest BCUT2D eigenvalue weighted by atomic mass is 10.2. The third kappa shape index (κ3) is 4.17. The summed E-state index contributed by atoms with van der Waals surface area (Å²) in [5.74, 6) is 1.90. The van der Waals surface area contributed by atoms with Crippen molar-refractivity contribution in [1.29, 1.82) is 0 Å². The van der Waals surface area contributed by atoms with Gasteiger partial charge in [0, 0.05) is 30.6 Å². The molecule has 2 heterocycles. The van der Waals surface area contributed by atoms with Crippen LogP contribution in [0, 0.1) is 0 Å². The zero-order valence-electron chi connectivity index (χ0n) is 16.9. The second-order valence-corrected chi connectivity index (χ2v) is 7.76. The monoisotopic (exact) mass is 397 g/mol. The van der Waals surface area contributed by atoms with E-state index in [4.69, 9.17) is 14.7 Å². The van der Waals surface area contributed by atoms with E-state index in [0.29, 0.717) is 17.3 Å². The van der Waals surface area contributed by atoms with Gasteiger partial charge in [-0.05, 0) is 44.6 Å². The van der Waals surface area contributed by atoms with E-state index in [1.165, 1.54) is 0 Å². The van der Waals surface area contributed by atoms with Crippen LogP contribution in [0.5, 0.6) is 5.75 Å². The highest BCUT2D eigenvalue weighted by molar-refractivity contribution is 5.81. The Morgan fingerprint density at radius 2 is 2.17 bits per heavy atom. The van der Waals surface area contributed by atoms with Gasteiger partial charge in [0.1, 0.15) is 17.3 Å². The number of hydrogen-bond donors (Lipinski definition) is 2. The number of carbonyl (C=O) groups excluding carboxylic acids is 1. The Labute approximate surface area is 170 Å². The van der Waals surface area contributed by atoms with Gasteiger partial charge in [-0.1, -0.05) is 0 Å². The number of aromatic nitrogens is 3. The van der Waals surface area contributed by atoms with Crippen molar-refractivity contribution in [3.05, 3.63) is 29.6 Å². The number of likely N-dealkylation sites (N-methyl/N-ethyl adjacent to an activating group) is 1. The highest BCUT2D eigenvalue weighted by Gasteiger charge is 2.28. The van der Waals surface area contributed by atoms with Gasteiger partial charge in [-0.25, -0.2) is 9.97 Å². The molecule has 0 saturated heterocycles. The molecule has 4 rings (SSSR count). The van der Waals surface area contributed by atoms with Crippen LogP contribution >= 0.6 is 0 Å². The Hall–Kier alpha value is -2.74. The maximum absolute atomic E-state index is 12.5. The molecule has 154 valence electrons. The molecule has 0 spiro atoms. The molecule has 1 fully saturated rings. The summed E-state index contributed by atoms with van der Waals surface area (Å²) in [7, 11) is 3.48. The number of nitrogens with one attached hydrogen (secondary N) is 1. The summed E-state index contributed by atoms with van der Waals surface area (Å²) >= 11 is 0. The molecule has 2 aromatic heterocycles. The Morgan fingerprint density at radius 1 is 1.31 bits per heavy atom. The van der Waals surface area contributed by atoms with E-state index in [1.54, 1.807) is 19.4 Å². The van der Waals surface area contributed by atoms with Crippen LogP contribution in [0.4, 0.5) is 5.82 Å². The molecule has 1 saturated carbocycles. The molecule has 2 atom stereocenters. The van der Waals surface area contributed by atoms with Crippen LogP contribution in [-0.2, 0) is 17.6 Å². The van der Waals surface area contributed by atoms with Crippen molar-refractivity contribution in [2.24, 2.45) is 0 Å². The van der Waals surface area contributed by atoms with Crippen LogP contribution in [-0.4, -0.2) is 58.8 Å². The summed E-state index contributed by atoms with van der Waals surface area (Å²) in [5.41, 5.74) is 2.77. The number of anilines is 1. The molecule has 2 N–H and O–H groups in total. The summed E-state index contributed by atoms with van der Waals surface area (Å²) in [6.07, 6.45) is 6.58. The van der Waals surface area contributed by atoms with Gasteiger partial charge in [0.15, 0.2) is 5.82 Å². The molecule has 1 amide bonds. The van der Waals surface area contributed by atoms with Crippen molar-refractivity contribution in [2.45, 2.75) is 50.7 Å². The molecular formula is C21H27N5O3. The zero-order chi connectivity index (χ0) is 20.4. The number of carbonyl (C=O) groups is 1. The van der Waals surface area contributed by atoms with E-state index in [0.717, 1.165) is 55.6 Å². The highest BCUT2D eigenvalue weighted by Crippen LogP contribution is 2.31. The number of fused-ring (bicyclic) bond motifs is 1. The van der Waals surface area contributed by atoms with Gasteiger partial charge >= 0.3 is 0 Å². The highest BCUT2D eigenvalue weighted by atomic mass is 16.5. The molecule has 8 heteroatoms. The van der Waals surface area contributed by atoms with Gasteiger partial charge in [0.05, 0.1) is 25.8 Å². The van der Waals surface area contributed by atoms with Crippen LogP contribution in [0.15, 0.2) is 18.3 Å². The first-order valence-electron chi connectivity index (χ1n) is 10.1. The Morgan fingerprint density at radius 3 is 2.93 bits per heavy atom. The Kier molecular flexibility index (Phi) is 5.62. The minimum absolute atomic E-state index is 0.107. The molecule has 0 radical (unpaired) electrons. The molecule has 2 aromatic rings. The number of ether oxygens (including phenoxy) is 1. The van der Waals surface area contributed by atoms with E-state index >= 15 is 0 Å². The number of aliphatic hydroxyl groups is 1. The topological polar surface area (TPSA) is 100 Å². The molecule has 8 nitrogen and oxygen atoms in total. The number of pyridine rings is 1. The number of amides is 1. The summed E-state index contributed by atoms with van der Waals surface area (Å²) < 4.78 is 5.29. The zero-order valence-corrected chi connectivity index (χ0v) is 16.9. The predicted octanol–water partition coefficient (Wildman–Crippen LogP) is 1.50. The molecule has 0 aliphatic heterocycles. The number of aliphatic hydroxyl groups excluding tert-OH is 1. The summed E-state index contributed by atoms with van der Waals surface area (Å²) in [4.78, 5) is 28.3. The molecular weight excluding hydrogens is 370 g/mol. The van der Waals surface area contributed by atoms with Gasteiger partial charge in [-0.2, -0.15) is 0 Å². The van der Waals surface area contributed by atoms with Gasteiger partial charge in [0.2, 0.25) is 5.91 Å². The summed E-state index contributed by atoms with van der Waals surface area (Å²) in [6.45, 7) is 0.178. The fourth-order valence-electron chi connectivity index (χ4n) is 4.15. The molecule has 0 bridgehead atoms. The van der Waals surface area contributed by atoms with Crippen LogP contribution in [0.2, 0.25) is 0 Å². The third-order valence-electron chi connectivity index (χ3n) is 5.68. The second-order valence-electron chi connectivity index (χ2n) is 7.76. The Bertz CT molecular complexity index is 904. The third-order valence-corrected chi connectivity index (χ3v) is 5.68. The first-order valence-corrected chi connectivity index (χ1v) is 10.1. The number of rotatable bonds is 6. The van der Waals surface area contributed by atoms with Crippen molar-refractivity contribution < 1.29 is 14.6 Å². The first-order chi connectivity index (χ1) is 14.0. The average Bonchev–Trinajstić information content (AvgIpc) is 3.36. The quantitative estimate of drug-likeness (QED) is 0.762. The smallest absolute Gasteiger partial charge is 0.239 e. The van der Waals surface area contributed by atoms with Crippen molar-refractivity contribution in [3.8, 4) is 17.3 Å². The SMILES string of the molecule is COc1ccnc(-c2nc3c(c(N(C)CC(=O)N[C@H]4CCC[C@H]4O)n2)CCC3)c1. The van der Waals surface area contributed by atoms with Crippen molar-refractivity contribution >= 4 is 11.7 Å². The van der Waals surface area contributed by atoms with Gasteiger partial charge < -0.3 is 20.1 Å². The van der Waals surface area contributed by atoms with Gasteiger partial charge in [-0.3, -0.25) is 9.78 Å². The standard InChI is InChI=1S/C21H27N5O3/c1-26(12-19(28)23-16-7-4-8-18(16)27)21-14-5-3-6-15(14)24-20(25-21)17-11-13(29-2)9-10-22-17/h9-11,16,18,27H,3-8,12H2,1-2H3,(H,23,28)/t16-,18+/m0/s1. The van der Waals surface area contributed by atoms with Gasteiger partial charge in [0.25, 0.3) is 0 Å². The van der Waals surface area contributed by atoms with E-state index in [2.05, 4.69) is 10.3 Å². The Balaban J connectivity index is 1.57. The molecule has 0 aromatic carbocycles.